The molecular formula is C21H19Cl2N3O2. The maximum Gasteiger partial charge on any atom is 0.278 e. The fourth-order valence-electron chi connectivity index (χ4n) is 3.32. The van der Waals surface area contributed by atoms with Crippen molar-refractivity contribution in [3.05, 3.63) is 75.5 Å². The number of carbonyl (C=O) groups is 1. The Morgan fingerprint density at radius 2 is 1.82 bits per heavy atom. The van der Waals surface area contributed by atoms with E-state index in [2.05, 4.69) is 4.90 Å². The van der Waals surface area contributed by atoms with Gasteiger partial charge in [-0.2, -0.15) is 0 Å². The molecule has 0 radical (unpaired) electrons. The Kier molecular flexibility index (Phi) is 5.40. The molecule has 7 heteroatoms. The predicted molar refractivity (Wildman–Crippen MR) is 112 cm³/mol. The number of morpholine rings is 1. The highest BCUT2D eigenvalue weighted by molar-refractivity contribution is 6.37. The van der Waals surface area contributed by atoms with Crippen LogP contribution in [0.3, 0.4) is 0 Å². The minimum atomic E-state index is -0.183. The molecule has 0 atom stereocenters. The van der Waals surface area contributed by atoms with E-state index in [0.717, 1.165) is 29.9 Å². The Bertz CT molecular complexity index is 981. The Morgan fingerprint density at radius 3 is 2.57 bits per heavy atom. The molecule has 0 aliphatic carbocycles. The van der Waals surface area contributed by atoms with E-state index in [4.69, 9.17) is 32.9 Å². The van der Waals surface area contributed by atoms with E-state index in [1.54, 1.807) is 18.0 Å². The summed E-state index contributed by atoms with van der Waals surface area (Å²) in [5, 5.41) is 1.13. The molecule has 0 bridgehead atoms. The maximum atomic E-state index is 13.2. The van der Waals surface area contributed by atoms with Crippen molar-refractivity contribution in [3.8, 4) is 0 Å². The summed E-state index contributed by atoms with van der Waals surface area (Å²) >= 11 is 12.7. The molecule has 0 aromatic heterocycles. The van der Waals surface area contributed by atoms with Crippen LogP contribution in [0.1, 0.15) is 11.1 Å². The molecule has 0 N–H and O–H groups in total. The molecule has 28 heavy (non-hydrogen) atoms. The van der Waals surface area contributed by atoms with Gasteiger partial charge in [0.2, 0.25) is 0 Å². The summed E-state index contributed by atoms with van der Waals surface area (Å²) in [5.41, 5.74) is 3.23. The summed E-state index contributed by atoms with van der Waals surface area (Å²) in [6.07, 6.45) is 1.81. The molecule has 1 saturated heterocycles. The molecule has 0 saturated carbocycles. The Hall–Kier alpha value is -2.34. The number of likely N-dealkylation sites (N-methyl/N-ethyl adjacent to an activating group) is 1. The first kappa shape index (κ1) is 19.0. The second-order valence-corrected chi connectivity index (χ2v) is 7.47. The van der Waals surface area contributed by atoms with Crippen LogP contribution in [0.25, 0.3) is 0 Å². The second-order valence-electron chi connectivity index (χ2n) is 6.63. The molecule has 2 aliphatic heterocycles. The average molecular weight is 416 g/mol. The van der Waals surface area contributed by atoms with Gasteiger partial charge < -0.3 is 14.5 Å². The minimum Gasteiger partial charge on any atom is -0.378 e. The van der Waals surface area contributed by atoms with E-state index in [9.17, 15) is 4.79 Å². The van der Waals surface area contributed by atoms with Gasteiger partial charge in [-0.1, -0.05) is 41.4 Å². The van der Waals surface area contributed by atoms with Gasteiger partial charge in [0.1, 0.15) is 5.70 Å². The van der Waals surface area contributed by atoms with Crippen LogP contribution in [-0.2, 0) is 9.53 Å². The topological polar surface area (TPSA) is 45.1 Å². The van der Waals surface area contributed by atoms with Crippen molar-refractivity contribution in [1.29, 1.82) is 0 Å². The molecular weight excluding hydrogens is 397 g/mol. The summed E-state index contributed by atoms with van der Waals surface area (Å²) in [4.78, 5) is 21.6. The van der Waals surface area contributed by atoms with Gasteiger partial charge in [0.05, 0.1) is 24.6 Å². The zero-order valence-electron chi connectivity index (χ0n) is 15.4. The van der Waals surface area contributed by atoms with Gasteiger partial charge in [-0.05, 0) is 24.3 Å². The molecule has 4 rings (SSSR count). The lowest BCUT2D eigenvalue weighted by atomic mass is 10.00. The van der Waals surface area contributed by atoms with Gasteiger partial charge in [0, 0.05) is 47.5 Å². The van der Waals surface area contributed by atoms with E-state index >= 15 is 0 Å². The zero-order chi connectivity index (χ0) is 19.7. The number of anilines is 1. The quantitative estimate of drug-likeness (QED) is 0.696. The van der Waals surface area contributed by atoms with Crippen LogP contribution in [0, 0.1) is 0 Å². The van der Waals surface area contributed by atoms with Gasteiger partial charge in [0.25, 0.3) is 5.91 Å². The molecule has 5 nitrogen and oxygen atoms in total. The van der Waals surface area contributed by atoms with E-state index in [-0.39, 0.29) is 5.91 Å². The van der Waals surface area contributed by atoms with Gasteiger partial charge in [-0.25, -0.2) is 4.99 Å². The van der Waals surface area contributed by atoms with Crippen LogP contribution in [0.5, 0.6) is 0 Å². The number of aliphatic imine (C=N–C) groups is 1. The molecule has 2 heterocycles. The number of hydrogen-bond acceptors (Lipinski definition) is 4. The van der Waals surface area contributed by atoms with E-state index in [1.165, 1.54) is 0 Å². The highest BCUT2D eigenvalue weighted by Gasteiger charge is 2.28. The molecule has 2 aromatic rings. The van der Waals surface area contributed by atoms with Gasteiger partial charge >= 0.3 is 0 Å². The van der Waals surface area contributed by atoms with Crippen molar-refractivity contribution < 1.29 is 9.53 Å². The summed E-state index contributed by atoms with van der Waals surface area (Å²) in [5.74, 6) is -0.183. The molecule has 1 amide bonds. The second kappa shape index (κ2) is 7.95. The number of nitrogens with zero attached hydrogens (tertiary/aromatic N) is 3. The monoisotopic (exact) mass is 415 g/mol. The lowest BCUT2D eigenvalue weighted by Gasteiger charge is -2.26. The van der Waals surface area contributed by atoms with Crippen molar-refractivity contribution in [2.75, 3.05) is 38.3 Å². The van der Waals surface area contributed by atoms with Crippen molar-refractivity contribution >= 4 is 40.5 Å². The fourth-order valence-corrected chi connectivity index (χ4v) is 3.72. The van der Waals surface area contributed by atoms with E-state index in [1.807, 2.05) is 42.6 Å². The number of amides is 1. The maximum absolute atomic E-state index is 13.2. The largest absolute Gasteiger partial charge is 0.378 e. The molecule has 2 aromatic carbocycles. The van der Waals surface area contributed by atoms with Crippen molar-refractivity contribution in [2.24, 2.45) is 4.99 Å². The van der Waals surface area contributed by atoms with Crippen molar-refractivity contribution in [3.63, 3.8) is 0 Å². The van der Waals surface area contributed by atoms with Crippen LogP contribution in [-0.4, -0.2) is 49.9 Å². The molecule has 1 fully saturated rings. The summed E-state index contributed by atoms with van der Waals surface area (Å²) in [7, 11) is 1.74. The number of fused-ring (bicyclic) bond motifs is 1. The summed E-state index contributed by atoms with van der Waals surface area (Å²) in [6, 6.07) is 12.9. The molecule has 0 spiro atoms. The standard InChI is InChI=1S/C21H19Cl2N3O2/c1-25-19-7-6-14(22)12-16(19)20(15-4-2-3-5-17(15)23)24-18(21(25)27)13-26-8-10-28-11-9-26/h2-7,12-13H,8-11H2,1H3/b18-13-. The average Bonchev–Trinajstić information content (AvgIpc) is 2.80. The molecule has 0 unspecified atom stereocenters. The zero-order valence-corrected chi connectivity index (χ0v) is 16.9. The van der Waals surface area contributed by atoms with Crippen LogP contribution >= 0.6 is 23.2 Å². The first-order chi connectivity index (χ1) is 13.5. The van der Waals surface area contributed by atoms with Crippen molar-refractivity contribution in [2.45, 2.75) is 0 Å². The fraction of sp³-hybridized carbons (Fsp3) is 0.238. The third-order valence-corrected chi connectivity index (χ3v) is 5.38. The van der Waals surface area contributed by atoms with Crippen LogP contribution in [0.2, 0.25) is 10.0 Å². The number of halogens is 2. The molecule has 144 valence electrons. The SMILES string of the molecule is CN1C(=O)/C(=C/N2CCOCC2)N=C(c2ccccc2Cl)c2cc(Cl)ccc21. The highest BCUT2D eigenvalue weighted by Crippen LogP contribution is 2.33. The number of benzene rings is 2. The Labute approximate surface area is 173 Å². The number of rotatable bonds is 2. The van der Waals surface area contributed by atoms with Gasteiger partial charge in [-0.3, -0.25) is 4.79 Å². The number of carbonyl (C=O) groups excluding carboxylic acids is 1. The predicted octanol–water partition coefficient (Wildman–Crippen LogP) is 3.98. The van der Waals surface area contributed by atoms with Crippen LogP contribution in [0.15, 0.2) is 59.4 Å². The molecule has 2 aliphatic rings. The third kappa shape index (κ3) is 3.65. The van der Waals surface area contributed by atoms with Gasteiger partial charge in [0.15, 0.2) is 0 Å². The number of ether oxygens (including phenoxy) is 1. The first-order valence-corrected chi connectivity index (χ1v) is 9.75. The highest BCUT2D eigenvalue weighted by atomic mass is 35.5. The Balaban J connectivity index is 1.92. The Morgan fingerprint density at radius 1 is 1.07 bits per heavy atom. The number of hydrogen-bond donors (Lipinski definition) is 0. The van der Waals surface area contributed by atoms with Crippen molar-refractivity contribution in [1.82, 2.24) is 4.90 Å². The van der Waals surface area contributed by atoms with Crippen LogP contribution in [0.4, 0.5) is 5.69 Å². The van der Waals surface area contributed by atoms with E-state index < -0.39 is 0 Å². The van der Waals surface area contributed by atoms with Gasteiger partial charge in [-0.15, -0.1) is 0 Å². The van der Waals surface area contributed by atoms with Crippen LogP contribution < -0.4 is 4.90 Å². The smallest absolute Gasteiger partial charge is 0.278 e. The third-order valence-electron chi connectivity index (χ3n) is 4.81. The summed E-state index contributed by atoms with van der Waals surface area (Å²) < 4.78 is 5.40. The lowest BCUT2D eigenvalue weighted by Crippen LogP contribution is -2.34. The minimum absolute atomic E-state index is 0.183. The first-order valence-electron chi connectivity index (χ1n) is 9.00. The van der Waals surface area contributed by atoms with E-state index in [0.29, 0.717) is 34.7 Å². The lowest BCUT2D eigenvalue weighted by molar-refractivity contribution is -0.115. The normalized spacial score (nSPS) is 18.8. The summed E-state index contributed by atoms with van der Waals surface area (Å²) in [6.45, 7) is 2.70. The number of benzodiazepines with no additional fused rings is 1.